The number of fused-ring (bicyclic) bond motifs is 7. The first-order valence-corrected chi connectivity index (χ1v) is 16.8. The molecule has 214 valence electrons. The van der Waals surface area contributed by atoms with Crippen LogP contribution in [-0.4, -0.2) is 16.8 Å². The van der Waals surface area contributed by atoms with Gasteiger partial charge in [-0.1, -0.05) is 147 Å². The van der Waals surface area contributed by atoms with Crippen LogP contribution in [0.15, 0.2) is 127 Å². The van der Waals surface area contributed by atoms with Crippen molar-refractivity contribution >= 4 is 25.4 Å². The summed E-state index contributed by atoms with van der Waals surface area (Å²) in [5.74, 6) is 0.998. The minimum absolute atomic E-state index is 0.0249. The van der Waals surface area contributed by atoms with Gasteiger partial charge in [-0.05, 0) is 51.9 Å². The molecule has 5 aromatic rings. The zero-order chi connectivity index (χ0) is 28.6. The topological polar surface area (TPSA) is 21.7 Å². The zero-order valence-electron chi connectivity index (χ0n) is 24.3. The van der Waals surface area contributed by atoms with Gasteiger partial charge in [-0.25, -0.2) is 4.67 Å². The van der Waals surface area contributed by atoms with Crippen molar-refractivity contribution in [3.63, 3.8) is 0 Å². The third-order valence-electron chi connectivity index (χ3n) is 9.39. The van der Waals surface area contributed by atoms with Crippen LogP contribution in [-0.2, 0) is 4.52 Å². The van der Waals surface area contributed by atoms with Gasteiger partial charge in [-0.2, -0.15) is 0 Å². The molecule has 1 heterocycles. The van der Waals surface area contributed by atoms with Crippen molar-refractivity contribution in [1.82, 2.24) is 4.67 Å². The van der Waals surface area contributed by atoms with E-state index in [0.29, 0.717) is 6.04 Å². The van der Waals surface area contributed by atoms with E-state index >= 15 is 0 Å². The summed E-state index contributed by atoms with van der Waals surface area (Å²) < 4.78 is 17.2. The first kappa shape index (κ1) is 26.8. The Hall–Kier alpha value is -3.75. The van der Waals surface area contributed by atoms with Crippen molar-refractivity contribution in [3.8, 4) is 5.75 Å². The number of rotatable bonds is 5. The maximum atomic E-state index is 7.32. The average molecular weight is 582 g/mol. The highest BCUT2D eigenvalue weighted by atomic mass is 31.2. The molecule has 2 aliphatic carbocycles. The molecule has 0 N–H and O–H groups in total. The lowest BCUT2D eigenvalue weighted by atomic mass is 9.78. The molecule has 0 aromatic heterocycles. The van der Waals surface area contributed by atoms with E-state index in [1.807, 2.05) is 0 Å². The molecule has 43 heavy (non-hydrogen) atoms. The highest BCUT2D eigenvalue weighted by molar-refractivity contribution is 7.45. The van der Waals surface area contributed by atoms with Crippen LogP contribution in [0.4, 0.5) is 0 Å². The first-order valence-electron chi connectivity index (χ1n) is 15.7. The van der Waals surface area contributed by atoms with E-state index in [0.717, 1.165) is 18.6 Å². The highest BCUT2D eigenvalue weighted by Gasteiger charge is 2.45. The minimum Gasteiger partial charge on any atom is -0.435 e. The van der Waals surface area contributed by atoms with E-state index in [2.05, 4.69) is 138 Å². The number of benzene rings is 5. The van der Waals surface area contributed by atoms with Crippen LogP contribution in [0, 0.1) is 0 Å². The Balaban J connectivity index is 1.32. The molecule has 2 unspecified atom stereocenters. The predicted molar refractivity (Wildman–Crippen MR) is 177 cm³/mol. The van der Waals surface area contributed by atoms with Crippen molar-refractivity contribution in [2.24, 2.45) is 0 Å². The summed E-state index contributed by atoms with van der Waals surface area (Å²) in [6, 6.07) is 44.2. The van der Waals surface area contributed by atoms with Crippen LogP contribution in [0.3, 0.4) is 0 Å². The molecule has 0 saturated heterocycles. The van der Waals surface area contributed by atoms with Crippen molar-refractivity contribution in [1.29, 1.82) is 0 Å². The van der Waals surface area contributed by atoms with Gasteiger partial charge < -0.3 is 9.05 Å². The Morgan fingerprint density at radius 1 is 0.674 bits per heavy atom. The van der Waals surface area contributed by atoms with Gasteiger partial charge in [-0.15, -0.1) is 0 Å². The quantitative estimate of drug-likeness (QED) is 0.193. The summed E-state index contributed by atoms with van der Waals surface area (Å²) in [4.78, 5) is 0. The van der Waals surface area contributed by atoms with Crippen molar-refractivity contribution in [3.05, 3.63) is 155 Å². The molecule has 5 aromatic carbocycles. The highest BCUT2D eigenvalue weighted by Crippen LogP contribution is 2.60. The third-order valence-corrected chi connectivity index (χ3v) is 11.1. The summed E-state index contributed by atoms with van der Waals surface area (Å²) in [5, 5.41) is 2.48. The normalized spacial score (nSPS) is 21.6. The van der Waals surface area contributed by atoms with Crippen LogP contribution in [0.1, 0.15) is 71.9 Å². The number of hydrogen-bond donors (Lipinski definition) is 0. The SMILES string of the molecule is C1=C[C@@H]2OP(N(C3CCCCC3)C(c3ccccc3)c3ccccc3)Oc3ccc4ccccc4c3C2c2ccccc21. The van der Waals surface area contributed by atoms with Gasteiger partial charge in [0.15, 0.2) is 0 Å². The van der Waals surface area contributed by atoms with Crippen molar-refractivity contribution < 1.29 is 9.05 Å². The third kappa shape index (κ3) is 5.00. The molecule has 1 fully saturated rings. The largest absolute Gasteiger partial charge is 0.435 e. The van der Waals surface area contributed by atoms with Crippen molar-refractivity contribution in [2.45, 2.75) is 56.2 Å². The van der Waals surface area contributed by atoms with Gasteiger partial charge in [0.25, 0.3) is 0 Å². The second kappa shape index (κ2) is 11.7. The van der Waals surface area contributed by atoms with Crippen LogP contribution >= 0.6 is 8.53 Å². The van der Waals surface area contributed by atoms with Crippen LogP contribution in [0.25, 0.3) is 16.8 Å². The summed E-state index contributed by atoms with van der Waals surface area (Å²) in [6.07, 6.45) is 10.5. The van der Waals surface area contributed by atoms with E-state index in [4.69, 9.17) is 9.05 Å². The molecular formula is C39H36NO2P. The maximum absolute atomic E-state index is 7.32. The lowest BCUT2D eigenvalue weighted by Crippen LogP contribution is -2.38. The Bertz CT molecular complexity index is 1710. The predicted octanol–water partition coefficient (Wildman–Crippen LogP) is 10.4. The Kier molecular flexibility index (Phi) is 7.33. The fourth-order valence-corrected chi connectivity index (χ4v) is 9.31. The van der Waals surface area contributed by atoms with Gasteiger partial charge in [-0.3, -0.25) is 0 Å². The van der Waals surface area contributed by atoms with Crippen molar-refractivity contribution in [2.75, 3.05) is 0 Å². The van der Waals surface area contributed by atoms with Crippen LogP contribution in [0.5, 0.6) is 5.75 Å². The standard InChI is InChI=1S/C39H36NO2P/c1-4-16-30(17-5-1)39(31-18-6-2-7-19-31)40(32-20-8-3-9-21-32)43-41-35-26-24-28-14-10-12-22-33(28)37(35)38-34-23-13-11-15-29(34)25-27-36(38)42-43/h1-2,4-7,10-19,22-27,32,35,37,39H,3,8-9,20-21H2/t35-,37?,43?/m0/s1. The van der Waals surface area contributed by atoms with Gasteiger partial charge in [0.1, 0.15) is 5.75 Å². The molecule has 1 aliphatic heterocycles. The van der Waals surface area contributed by atoms with Gasteiger partial charge >= 0.3 is 8.53 Å². The summed E-state index contributed by atoms with van der Waals surface area (Å²) >= 11 is 0. The molecule has 3 nitrogen and oxygen atoms in total. The van der Waals surface area contributed by atoms with Crippen LogP contribution < -0.4 is 4.52 Å². The Morgan fingerprint density at radius 3 is 2.12 bits per heavy atom. The molecule has 0 spiro atoms. The van der Waals surface area contributed by atoms with Gasteiger partial charge in [0.2, 0.25) is 0 Å². The van der Waals surface area contributed by atoms with E-state index in [1.54, 1.807) is 0 Å². The lowest BCUT2D eigenvalue weighted by molar-refractivity contribution is 0.157. The average Bonchev–Trinajstić information content (AvgIpc) is 3.25. The van der Waals surface area contributed by atoms with Gasteiger partial charge in [0, 0.05) is 17.5 Å². The summed E-state index contributed by atoms with van der Waals surface area (Å²) in [7, 11) is -1.46. The number of nitrogens with zero attached hydrogens (tertiary/aromatic N) is 1. The monoisotopic (exact) mass is 581 g/mol. The van der Waals surface area contributed by atoms with E-state index in [-0.39, 0.29) is 18.1 Å². The smallest absolute Gasteiger partial charge is 0.322 e. The van der Waals surface area contributed by atoms with Crippen LogP contribution in [0.2, 0.25) is 0 Å². The molecule has 4 heteroatoms. The van der Waals surface area contributed by atoms with E-state index < -0.39 is 8.53 Å². The summed E-state index contributed by atoms with van der Waals surface area (Å²) in [6.45, 7) is 0. The molecular weight excluding hydrogens is 545 g/mol. The fourth-order valence-electron chi connectivity index (χ4n) is 7.39. The molecule has 3 atom stereocenters. The Morgan fingerprint density at radius 2 is 1.35 bits per heavy atom. The molecule has 1 saturated carbocycles. The minimum atomic E-state index is -1.46. The van der Waals surface area contributed by atoms with Gasteiger partial charge in [0.05, 0.1) is 12.1 Å². The molecule has 0 bridgehead atoms. The first-order chi connectivity index (χ1) is 21.3. The lowest BCUT2D eigenvalue weighted by Gasteiger charge is -2.43. The zero-order valence-corrected chi connectivity index (χ0v) is 25.2. The molecule has 0 radical (unpaired) electrons. The van der Waals surface area contributed by atoms with E-state index in [1.165, 1.54) is 57.9 Å². The Labute approximate surface area is 255 Å². The second-order valence-corrected chi connectivity index (χ2v) is 13.3. The molecule has 3 aliphatic rings. The maximum Gasteiger partial charge on any atom is 0.322 e. The molecule has 0 amide bonds. The fraction of sp³-hybridized carbons (Fsp3) is 0.231. The molecule has 8 rings (SSSR count). The van der Waals surface area contributed by atoms with E-state index in [9.17, 15) is 0 Å². The summed E-state index contributed by atoms with van der Waals surface area (Å²) in [5.41, 5.74) is 6.36. The number of hydrogen-bond acceptors (Lipinski definition) is 3. The second-order valence-electron chi connectivity index (χ2n) is 12.0.